The molecule has 0 spiro atoms. The number of nitrogens with zero attached hydrogens (tertiary/aromatic N) is 5. The molecule has 0 aliphatic carbocycles. The predicted molar refractivity (Wildman–Crippen MR) is 109 cm³/mol. The molecule has 2 aromatic heterocycles. The van der Waals surface area contributed by atoms with Crippen LogP contribution in [0, 0.1) is 4.51 Å². The van der Waals surface area contributed by atoms with Crippen LogP contribution < -0.4 is 4.90 Å². The maximum absolute atomic E-state index is 5.72. The van der Waals surface area contributed by atoms with E-state index in [1.165, 1.54) is 0 Å². The van der Waals surface area contributed by atoms with Gasteiger partial charge in [0.05, 0.1) is 4.51 Å². The first-order chi connectivity index (χ1) is 12.5. The fraction of sp³-hybridized carbons (Fsp3) is 0.333. The van der Waals surface area contributed by atoms with Crippen LogP contribution in [0.15, 0.2) is 24.8 Å². The third-order valence-corrected chi connectivity index (χ3v) is 4.75. The summed E-state index contributed by atoms with van der Waals surface area (Å²) in [6.07, 6.45) is 2.88. The van der Waals surface area contributed by atoms with Crippen LogP contribution in [0.25, 0.3) is 28.4 Å². The summed E-state index contributed by atoms with van der Waals surface area (Å²) < 4.78 is 0.794. The summed E-state index contributed by atoms with van der Waals surface area (Å²) in [5.41, 5.74) is 2.77. The van der Waals surface area contributed by atoms with Gasteiger partial charge in [-0.25, -0.2) is 0 Å². The van der Waals surface area contributed by atoms with Crippen LogP contribution in [0.5, 0.6) is 0 Å². The van der Waals surface area contributed by atoms with Gasteiger partial charge in [-0.2, -0.15) is 5.21 Å². The quantitative estimate of drug-likeness (QED) is 0.623. The molecule has 0 saturated heterocycles. The van der Waals surface area contributed by atoms with Gasteiger partial charge in [0.1, 0.15) is 5.82 Å². The first-order valence-corrected chi connectivity index (χ1v) is 8.84. The second-order valence-corrected chi connectivity index (χ2v) is 6.90. The van der Waals surface area contributed by atoms with Gasteiger partial charge < -0.3 is 14.8 Å². The second-order valence-electron chi connectivity index (χ2n) is 6.49. The Morgan fingerprint density at radius 1 is 1.23 bits per heavy atom. The lowest BCUT2D eigenvalue weighted by molar-refractivity contribution is 0.401. The van der Waals surface area contributed by atoms with Crippen LogP contribution in [-0.2, 0) is 0 Å². The molecule has 0 radical (unpaired) electrons. The Balaban J connectivity index is 2.03. The number of nitrogens with one attached hydrogen (secondary N) is 2. The van der Waals surface area contributed by atoms with Crippen molar-refractivity contribution in [2.24, 2.45) is 0 Å². The number of anilines is 1. The van der Waals surface area contributed by atoms with Crippen LogP contribution in [0.2, 0.25) is 0 Å². The molecule has 3 aromatic rings. The Labute approximate surface area is 157 Å². The molecular formula is C18H23N7S. The number of rotatable bonds is 7. The second kappa shape index (κ2) is 7.76. The summed E-state index contributed by atoms with van der Waals surface area (Å²) in [4.78, 5) is 7.89. The summed E-state index contributed by atoms with van der Waals surface area (Å²) in [5.74, 6) is 1.53. The van der Waals surface area contributed by atoms with Gasteiger partial charge in [-0.3, -0.25) is 0 Å². The molecule has 2 heterocycles. The smallest absolute Gasteiger partial charge is 0.204 e. The normalized spacial score (nSPS) is 11.2. The van der Waals surface area contributed by atoms with Crippen molar-refractivity contribution in [3.8, 4) is 11.4 Å². The van der Waals surface area contributed by atoms with Crippen molar-refractivity contribution < 1.29 is 0 Å². The molecular weight excluding hydrogens is 346 g/mol. The maximum atomic E-state index is 5.72. The summed E-state index contributed by atoms with van der Waals surface area (Å²) in [6, 6.07) is 5.94. The Hall–Kier alpha value is -2.58. The zero-order valence-electron chi connectivity index (χ0n) is 15.3. The Morgan fingerprint density at radius 2 is 2.04 bits per heavy atom. The van der Waals surface area contributed by atoms with E-state index in [9.17, 15) is 0 Å². The highest BCUT2D eigenvalue weighted by molar-refractivity contribution is 7.71. The van der Waals surface area contributed by atoms with Crippen molar-refractivity contribution in [1.82, 2.24) is 30.5 Å². The molecule has 26 heavy (non-hydrogen) atoms. The molecule has 0 bridgehead atoms. The molecule has 2 N–H and O–H groups in total. The molecule has 0 fully saturated rings. The average Bonchev–Trinajstić information content (AvgIpc) is 3.15. The molecule has 0 aliphatic rings. The van der Waals surface area contributed by atoms with Crippen LogP contribution in [0.4, 0.5) is 5.82 Å². The summed E-state index contributed by atoms with van der Waals surface area (Å²) in [6.45, 7) is 5.90. The minimum atomic E-state index is 0.555. The van der Waals surface area contributed by atoms with E-state index in [0.29, 0.717) is 5.82 Å². The van der Waals surface area contributed by atoms with Crippen molar-refractivity contribution in [3.63, 3.8) is 0 Å². The molecule has 7 nitrogen and oxygen atoms in total. The zero-order chi connectivity index (χ0) is 18.7. The minimum absolute atomic E-state index is 0.555. The molecule has 0 aliphatic heterocycles. The number of pyridine rings is 1. The van der Waals surface area contributed by atoms with Crippen LogP contribution in [-0.4, -0.2) is 64.7 Å². The van der Waals surface area contributed by atoms with Crippen LogP contribution >= 0.6 is 12.2 Å². The number of aromatic amines is 2. The average molecular weight is 369 g/mol. The fourth-order valence-electron chi connectivity index (χ4n) is 2.94. The van der Waals surface area contributed by atoms with Gasteiger partial charge in [0, 0.05) is 35.6 Å². The fourth-order valence-corrected chi connectivity index (χ4v) is 3.30. The Bertz CT molecular complexity index is 960. The molecule has 0 atom stereocenters. The third kappa shape index (κ3) is 3.66. The topological polar surface area (TPSA) is 76.7 Å². The molecule has 0 unspecified atom stereocenters. The third-order valence-electron chi connectivity index (χ3n) is 4.31. The lowest BCUT2D eigenvalue weighted by atomic mass is 10.1. The van der Waals surface area contributed by atoms with Gasteiger partial charge >= 0.3 is 0 Å². The molecule has 0 saturated carbocycles. The van der Waals surface area contributed by atoms with Crippen LogP contribution in [0.3, 0.4) is 0 Å². The van der Waals surface area contributed by atoms with Crippen molar-refractivity contribution in [1.29, 1.82) is 0 Å². The van der Waals surface area contributed by atoms with E-state index < -0.39 is 0 Å². The summed E-state index contributed by atoms with van der Waals surface area (Å²) >= 11 is 5.72. The maximum Gasteiger partial charge on any atom is 0.204 e. The number of aromatic nitrogens is 5. The van der Waals surface area contributed by atoms with Gasteiger partial charge in [0.15, 0.2) is 0 Å². The number of tetrazole rings is 1. The van der Waals surface area contributed by atoms with Crippen molar-refractivity contribution in [3.05, 3.63) is 34.9 Å². The molecule has 0 amide bonds. The van der Waals surface area contributed by atoms with E-state index in [0.717, 1.165) is 51.9 Å². The highest BCUT2D eigenvalue weighted by Gasteiger charge is 2.12. The van der Waals surface area contributed by atoms with Gasteiger partial charge in [0.25, 0.3) is 0 Å². The molecule has 136 valence electrons. The van der Waals surface area contributed by atoms with E-state index in [1.807, 2.05) is 24.3 Å². The van der Waals surface area contributed by atoms with Crippen LogP contribution in [0.1, 0.15) is 12.0 Å². The largest absolute Gasteiger partial charge is 0.361 e. The van der Waals surface area contributed by atoms with E-state index in [1.54, 1.807) is 0 Å². The van der Waals surface area contributed by atoms with Crippen molar-refractivity contribution in [2.45, 2.75) is 6.42 Å². The van der Waals surface area contributed by atoms with Gasteiger partial charge in [0.2, 0.25) is 5.82 Å². The monoisotopic (exact) mass is 369 g/mol. The van der Waals surface area contributed by atoms with E-state index in [-0.39, 0.29) is 0 Å². The zero-order valence-corrected chi connectivity index (χ0v) is 16.1. The lowest BCUT2D eigenvalue weighted by Crippen LogP contribution is -2.24. The van der Waals surface area contributed by atoms with E-state index in [4.69, 9.17) is 12.2 Å². The van der Waals surface area contributed by atoms with Gasteiger partial charge in [-0.15, -0.1) is 10.2 Å². The molecule has 8 heteroatoms. The van der Waals surface area contributed by atoms with E-state index >= 15 is 0 Å². The number of fused-ring (bicyclic) bond motifs is 1. The summed E-state index contributed by atoms with van der Waals surface area (Å²) in [7, 11) is 6.23. The number of hydrogen-bond acceptors (Lipinski definition) is 6. The Morgan fingerprint density at radius 3 is 2.69 bits per heavy atom. The van der Waals surface area contributed by atoms with Gasteiger partial charge in [-0.05, 0) is 38.3 Å². The highest BCUT2D eigenvalue weighted by Crippen LogP contribution is 2.28. The highest BCUT2D eigenvalue weighted by atomic mass is 32.1. The minimum Gasteiger partial charge on any atom is -0.361 e. The Kier molecular flexibility index (Phi) is 5.43. The number of hydrogen-bond donors (Lipinski definition) is 2. The standard InChI is InChI=1S/C18H23N7S/c1-5-13-16(26)14-8-7-12(17-20-22-23-21-17)11-15(14)19-18(13)25(4)10-6-9-24(2)3/h5,7-8,11H,1,6,9-10H2,2-4H3,(H,19,26)(H,20,21,22,23). The van der Waals surface area contributed by atoms with Crippen molar-refractivity contribution in [2.75, 3.05) is 39.1 Å². The number of benzene rings is 1. The first-order valence-electron chi connectivity index (χ1n) is 8.43. The van der Waals surface area contributed by atoms with Crippen molar-refractivity contribution >= 4 is 35.0 Å². The predicted octanol–water partition coefficient (Wildman–Crippen LogP) is 3.11. The molecule has 1 aromatic carbocycles. The SMILES string of the molecule is C=Cc1c(N(C)CCCN(C)C)[nH]c2cc(-c3nn[nH]n3)ccc2c1=S. The van der Waals surface area contributed by atoms with E-state index in [2.05, 4.69) is 63.1 Å². The van der Waals surface area contributed by atoms with Gasteiger partial charge in [-0.1, -0.05) is 37.0 Å². The first kappa shape index (κ1) is 18.2. The molecule has 3 rings (SSSR count). The lowest BCUT2D eigenvalue weighted by Gasteiger charge is -2.23. The summed E-state index contributed by atoms with van der Waals surface area (Å²) in [5, 5.41) is 15.2. The number of H-pyrrole nitrogens is 2.